The molecule has 5 nitrogen and oxygen atoms in total. The molecule has 3 unspecified atom stereocenters. The van der Waals surface area contributed by atoms with Gasteiger partial charge in [0, 0.05) is 50.2 Å². The molecule has 3 rings (SSSR count). The zero-order valence-electron chi connectivity index (χ0n) is 12.6. The van der Waals surface area contributed by atoms with Gasteiger partial charge < -0.3 is 11.1 Å². The molecule has 0 aromatic heterocycles. The Balaban J connectivity index is 1.57. The van der Waals surface area contributed by atoms with Crippen LogP contribution in [0.3, 0.4) is 0 Å². The van der Waals surface area contributed by atoms with Gasteiger partial charge in [-0.3, -0.25) is 14.6 Å². The van der Waals surface area contributed by atoms with E-state index in [0.29, 0.717) is 31.1 Å². The van der Waals surface area contributed by atoms with E-state index in [1.54, 1.807) is 0 Å². The summed E-state index contributed by atoms with van der Waals surface area (Å²) in [6.45, 7) is 6.31. The molecule has 0 radical (unpaired) electrons. The molecule has 2 heterocycles. The number of carbonyl (C=O) groups excluding carboxylic acids is 1. The average Bonchev–Trinajstić information content (AvgIpc) is 3.11. The van der Waals surface area contributed by atoms with Crippen LogP contribution in [0.1, 0.15) is 39.0 Å². The minimum Gasteiger partial charge on any atom is -0.353 e. The van der Waals surface area contributed by atoms with Crippen LogP contribution in [0.4, 0.5) is 0 Å². The van der Waals surface area contributed by atoms with Crippen LogP contribution in [0.25, 0.3) is 0 Å². The summed E-state index contributed by atoms with van der Waals surface area (Å²) >= 11 is 0. The predicted molar refractivity (Wildman–Crippen MR) is 79.4 cm³/mol. The molecule has 114 valence electrons. The molecule has 20 heavy (non-hydrogen) atoms. The van der Waals surface area contributed by atoms with E-state index in [1.165, 1.54) is 19.4 Å². The molecule has 1 amide bonds. The minimum absolute atomic E-state index is 0.184. The number of nitrogens with two attached hydrogens (primary N) is 1. The molecule has 3 aliphatic rings. The highest BCUT2D eigenvalue weighted by atomic mass is 16.1. The van der Waals surface area contributed by atoms with E-state index >= 15 is 0 Å². The number of nitrogens with one attached hydrogen (secondary N) is 1. The maximum Gasteiger partial charge on any atom is 0.221 e. The molecular formula is C15H28N4O. The largest absolute Gasteiger partial charge is 0.353 e. The van der Waals surface area contributed by atoms with Gasteiger partial charge in [-0.15, -0.1) is 0 Å². The van der Waals surface area contributed by atoms with Crippen molar-refractivity contribution >= 4 is 5.91 Å². The zero-order chi connectivity index (χ0) is 14.1. The molecule has 1 aliphatic carbocycles. The SMILES string of the molecule is CC1CN2CCCC2CN1C(CN)CC(=O)NC1CC1. The van der Waals surface area contributed by atoms with Crippen LogP contribution in [0.15, 0.2) is 0 Å². The standard InChI is InChI=1S/C15H28N4O/c1-11-9-18-6-2-3-13(18)10-19(11)14(8-16)7-15(20)17-12-4-5-12/h11-14H,2-10,16H2,1H3,(H,17,20). The quantitative estimate of drug-likeness (QED) is 0.753. The molecule has 5 heteroatoms. The molecule has 3 N–H and O–H groups in total. The molecule has 3 atom stereocenters. The molecule has 0 spiro atoms. The van der Waals surface area contributed by atoms with E-state index in [2.05, 4.69) is 22.0 Å². The number of hydrogen-bond donors (Lipinski definition) is 2. The predicted octanol–water partition coefficient (Wildman–Crippen LogP) is 0.151. The Labute approximate surface area is 121 Å². The highest BCUT2D eigenvalue weighted by molar-refractivity contribution is 5.77. The van der Waals surface area contributed by atoms with Crippen molar-refractivity contribution in [2.75, 3.05) is 26.2 Å². The lowest BCUT2D eigenvalue weighted by Crippen LogP contribution is -2.60. The summed E-state index contributed by atoms with van der Waals surface area (Å²) in [5.74, 6) is 0.184. The monoisotopic (exact) mass is 280 g/mol. The second-order valence-electron chi connectivity index (χ2n) is 6.77. The Kier molecular flexibility index (Phi) is 4.29. The average molecular weight is 280 g/mol. The summed E-state index contributed by atoms with van der Waals surface area (Å²) < 4.78 is 0. The molecule has 1 saturated carbocycles. The summed E-state index contributed by atoms with van der Waals surface area (Å²) in [7, 11) is 0. The summed E-state index contributed by atoms with van der Waals surface area (Å²) in [6.07, 6.45) is 5.48. The van der Waals surface area contributed by atoms with Crippen molar-refractivity contribution in [2.24, 2.45) is 5.73 Å². The molecule has 0 aromatic carbocycles. The molecular weight excluding hydrogens is 252 g/mol. The van der Waals surface area contributed by atoms with E-state index in [-0.39, 0.29) is 11.9 Å². The lowest BCUT2D eigenvalue weighted by molar-refractivity contribution is -0.123. The van der Waals surface area contributed by atoms with Crippen molar-refractivity contribution < 1.29 is 4.79 Å². The topological polar surface area (TPSA) is 61.6 Å². The minimum atomic E-state index is 0.184. The fourth-order valence-electron chi connectivity index (χ4n) is 3.78. The highest BCUT2D eigenvalue weighted by Crippen LogP contribution is 2.26. The summed E-state index contributed by atoms with van der Waals surface area (Å²) in [4.78, 5) is 17.1. The van der Waals surface area contributed by atoms with Crippen molar-refractivity contribution in [3.63, 3.8) is 0 Å². The molecule has 0 bridgehead atoms. The van der Waals surface area contributed by atoms with Gasteiger partial charge in [0.15, 0.2) is 0 Å². The van der Waals surface area contributed by atoms with E-state index in [0.717, 1.165) is 25.9 Å². The van der Waals surface area contributed by atoms with Gasteiger partial charge in [-0.2, -0.15) is 0 Å². The van der Waals surface area contributed by atoms with E-state index in [1.807, 2.05) is 0 Å². The lowest BCUT2D eigenvalue weighted by Gasteiger charge is -2.45. The van der Waals surface area contributed by atoms with Crippen LogP contribution in [-0.2, 0) is 4.79 Å². The van der Waals surface area contributed by atoms with Crippen molar-refractivity contribution in [1.29, 1.82) is 0 Å². The van der Waals surface area contributed by atoms with Crippen molar-refractivity contribution in [3.8, 4) is 0 Å². The number of carbonyl (C=O) groups is 1. The third-order valence-electron chi connectivity index (χ3n) is 5.09. The van der Waals surface area contributed by atoms with Gasteiger partial charge in [0.2, 0.25) is 5.91 Å². The molecule has 2 saturated heterocycles. The Morgan fingerprint density at radius 1 is 1.35 bits per heavy atom. The van der Waals surface area contributed by atoms with Crippen molar-refractivity contribution in [2.45, 2.75) is 63.2 Å². The Morgan fingerprint density at radius 3 is 2.85 bits per heavy atom. The van der Waals surface area contributed by atoms with Crippen LogP contribution < -0.4 is 11.1 Å². The summed E-state index contributed by atoms with van der Waals surface area (Å²) in [5, 5.41) is 3.09. The highest BCUT2D eigenvalue weighted by Gasteiger charge is 2.37. The van der Waals surface area contributed by atoms with Gasteiger partial charge in [0.25, 0.3) is 0 Å². The fourth-order valence-corrected chi connectivity index (χ4v) is 3.78. The molecule has 0 aromatic rings. The van der Waals surface area contributed by atoms with Gasteiger partial charge in [0.1, 0.15) is 0 Å². The lowest BCUT2D eigenvalue weighted by atomic mass is 10.0. The van der Waals surface area contributed by atoms with Crippen LogP contribution in [0.2, 0.25) is 0 Å². The van der Waals surface area contributed by atoms with E-state index in [9.17, 15) is 4.79 Å². The van der Waals surface area contributed by atoms with Gasteiger partial charge in [0.05, 0.1) is 0 Å². The first-order valence-electron chi connectivity index (χ1n) is 8.16. The Hall–Kier alpha value is -0.650. The summed E-state index contributed by atoms with van der Waals surface area (Å²) in [6, 6.07) is 1.84. The smallest absolute Gasteiger partial charge is 0.221 e. The molecule has 2 aliphatic heterocycles. The van der Waals surface area contributed by atoms with Crippen LogP contribution in [-0.4, -0.2) is 66.1 Å². The number of rotatable bonds is 5. The van der Waals surface area contributed by atoms with Crippen molar-refractivity contribution in [3.05, 3.63) is 0 Å². The number of hydrogen-bond acceptors (Lipinski definition) is 4. The summed E-state index contributed by atoms with van der Waals surface area (Å²) in [5.41, 5.74) is 5.96. The number of fused-ring (bicyclic) bond motifs is 1. The zero-order valence-corrected chi connectivity index (χ0v) is 12.6. The number of nitrogens with zero attached hydrogens (tertiary/aromatic N) is 2. The molecule has 3 fully saturated rings. The van der Waals surface area contributed by atoms with Crippen LogP contribution >= 0.6 is 0 Å². The third kappa shape index (κ3) is 3.15. The van der Waals surface area contributed by atoms with E-state index < -0.39 is 0 Å². The van der Waals surface area contributed by atoms with Crippen LogP contribution in [0.5, 0.6) is 0 Å². The second-order valence-corrected chi connectivity index (χ2v) is 6.77. The van der Waals surface area contributed by atoms with Gasteiger partial charge in [-0.05, 0) is 39.2 Å². The fraction of sp³-hybridized carbons (Fsp3) is 0.933. The number of amides is 1. The second kappa shape index (κ2) is 6.00. The first-order chi connectivity index (χ1) is 9.67. The van der Waals surface area contributed by atoms with Gasteiger partial charge >= 0.3 is 0 Å². The Bertz CT molecular complexity index is 358. The normalized spacial score (nSPS) is 32.9. The maximum absolute atomic E-state index is 12.0. The first kappa shape index (κ1) is 14.3. The first-order valence-corrected chi connectivity index (χ1v) is 8.16. The van der Waals surface area contributed by atoms with Gasteiger partial charge in [-0.25, -0.2) is 0 Å². The number of piperazine rings is 1. The van der Waals surface area contributed by atoms with Gasteiger partial charge in [-0.1, -0.05) is 0 Å². The maximum atomic E-state index is 12.0. The van der Waals surface area contributed by atoms with Crippen LogP contribution in [0, 0.1) is 0 Å². The van der Waals surface area contributed by atoms with Crippen molar-refractivity contribution in [1.82, 2.24) is 15.1 Å². The Morgan fingerprint density at radius 2 is 2.15 bits per heavy atom. The third-order valence-corrected chi connectivity index (χ3v) is 5.09. The van der Waals surface area contributed by atoms with E-state index in [4.69, 9.17) is 5.73 Å².